The van der Waals surface area contributed by atoms with Gasteiger partial charge in [-0.3, -0.25) is 0 Å². The largest absolute Gasteiger partial charge is 0.378 e. The zero-order chi connectivity index (χ0) is 10.5. The molecule has 0 aromatic carbocycles. The van der Waals surface area contributed by atoms with Gasteiger partial charge in [-0.1, -0.05) is 11.8 Å². The molecule has 3 heteroatoms. The molecule has 1 fully saturated rings. The lowest BCUT2D eigenvalue weighted by Crippen LogP contribution is -2.20. The van der Waals surface area contributed by atoms with Gasteiger partial charge >= 0.3 is 0 Å². The first-order chi connectivity index (χ1) is 5.71. The van der Waals surface area contributed by atoms with E-state index in [0.29, 0.717) is 0 Å². The van der Waals surface area contributed by atoms with Crippen molar-refractivity contribution >= 4 is 0 Å². The van der Waals surface area contributed by atoms with Gasteiger partial charge in [0.05, 0.1) is 13.2 Å². The average molecular weight is 186 g/mol. The normalized spacial score (nSPS) is 14.9. The Kier molecular flexibility index (Phi) is 4.41. The van der Waals surface area contributed by atoms with E-state index < -0.39 is 11.2 Å². The molecule has 0 atom stereocenters. The molecule has 0 aromatic heterocycles. The maximum atomic E-state index is 9.10. The van der Waals surface area contributed by atoms with Crippen molar-refractivity contribution in [3.8, 4) is 11.8 Å². The first-order valence-corrected chi connectivity index (χ1v) is 4.27. The summed E-state index contributed by atoms with van der Waals surface area (Å²) in [6, 6.07) is 0. The van der Waals surface area contributed by atoms with Gasteiger partial charge in [-0.15, -0.1) is 0 Å². The van der Waals surface area contributed by atoms with Gasteiger partial charge in [0.1, 0.15) is 11.2 Å². The van der Waals surface area contributed by atoms with Crippen LogP contribution in [0.2, 0.25) is 0 Å². The second kappa shape index (κ2) is 4.61. The monoisotopic (exact) mass is 186 g/mol. The van der Waals surface area contributed by atoms with Gasteiger partial charge in [-0.05, 0) is 27.7 Å². The molecule has 1 rings (SSSR count). The molecular formula is C10H18O3. The van der Waals surface area contributed by atoms with Crippen molar-refractivity contribution in [2.75, 3.05) is 13.2 Å². The molecule has 3 nitrogen and oxygen atoms in total. The van der Waals surface area contributed by atoms with Crippen molar-refractivity contribution in [2.45, 2.75) is 38.9 Å². The summed E-state index contributed by atoms with van der Waals surface area (Å²) >= 11 is 0. The Balaban J connectivity index is 0.000000396. The molecule has 76 valence electrons. The van der Waals surface area contributed by atoms with E-state index in [9.17, 15) is 0 Å². The van der Waals surface area contributed by atoms with Gasteiger partial charge in [0.25, 0.3) is 0 Å². The summed E-state index contributed by atoms with van der Waals surface area (Å²) < 4.78 is 4.50. The van der Waals surface area contributed by atoms with Crippen LogP contribution in [0.5, 0.6) is 0 Å². The number of rotatable bonds is 0. The maximum absolute atomic E-state index is 9.10. The van der Waals surface area contributed by atoms with Crippen LogP contribution in [-0.2, 0) is 4.74 Å². The minimum absolute atomic E-state index is 1.00. The Bertz CT molecular complexity index is 174. The van der Waals surface area contributed by atoms with Crippen LogP contribution in [0.3, 0.4) is 0 Å². The van der Waals surface area contributed by atoms with Crippen molar-refractivity contribution in [1.29, 1.82) is 0 Å². The molecule has 0 aromatic rings. The SMILES string of the molecule is C1CO1.CC(C)(O)C#CC(C)(C)O. The van der Waals surface area contributed by atoms with Crippen LogP contribution in [0.4, 0.5) is 0 Å². The van der Waals surface area contributed by atoms with Crippen LogP contribution in [0.15, 0.2) is 0 Å². The lowest BCUT2D eigenvalue weighted by molar-refractivity contribution is 0.131. The van der Waals surface area contributed by atoms with Crippen molar-refractivity contribution in [2.24, 2.45) is 0 Å². The summed E-state index contributed by atoms with van der Waals surface area (Å²) in [5.74, 6) is 5.03. The molecule has 1 saturated heterocycles. The summed E-state index contributed by atoms with van der Waals surface area (Å²) in [6.07, 6.45) is 0. The van der Waals surface area contributed by atoms with E-state index in [2.05, 4.69) is 16.6 Å². The molecule has 0 radical (unpaired) electrons. The van der Waals surface area contributed by atoms with Gasteiger partial charge < -0.3 is 14.9 Å². The van der Waals surface area contributed by atoms with Gasteiger partial charge in [-0.2, -0.15) is 0 Å². The zero-order valence-corrected chi connectivity index (χ0v) is 8.72. The van der Waals surface area contributed by atoms with Crippen LogP contribution in [0.25, 0.3) is 0 Å². The fraction of sp³-hybridized carbons (Fsp3) is 0.800. The summed E-state index contributed by atoms with van der Waals surface area (Å²) in [6.45, 7) is 8.30. The highest BCUT2D eigenvalue weighted by Gasteiger charge is 2.10. The highest BCUT2D eigenvalue weighted by Crippen LogP contribution is 2.01. The Morgan fingerprint density at radius 3 is 1.23 bits per heavy atom. The van der Waals surface area contributed by atoms with Gasteiger partial charge in [0, 0.05) is 0 Å². The molecule has 1 aliphatic heterocycles. The molecule has 0 spiro atoms. The highest BCUT2D eigenvalue weighted by atomic mass is 16.6. The smallest absolute Gasteiger partial charge is 0.120 e. The van der Waals surface area contributed by atoms with Crippen LogP contribution in [0.1, 0.15) is 27.7 Å². The van der Waals surface area contributed by atoms with E-state index in [1.54, 1.807) is 27.7 Å². The second-order valence-electron chi connectivity index (χ2n) is 3.98. The predicted molar refractivity (Wildman–Crippen MR) is 51.2 cm³/mol. The summed E-state index contributed by atoms with van der Waals surface area (Å²) in [5.41, 5.74) is -2.03. The van der Waals surface area contributed by atoms with Crippen LogP contribution in [0, 0.1) is 11.8 Å². The Morgan fingerprint density at radius 1 is 0.923 bits per heavy atom. The number of ether oxygens (including phenoxy) is 1. The first kappa shape index (κ1) is 12.4. The summed E-state index contributed by atoms with van der Waals surface area (Å²) in [4.78, 5) is 0. The number of hydrogen-bond donors (Lipinski definition) is 2. The molecule has 0 saturated carbocycles. The summed E-state index contributed by atoms with van der Waals surface area (Å²) in [7, 11) is 0. The second-order valence-corrected chi connectivity index (χ2v) is 3.98. The van der Waals surface area contributed by atoms with Gasteiger partial charge in [-0.25, -0.2) is 0 Å². The van der Waals surface area contributed by atoms with Gasteiger partial charge in [0.15, 0.2) is 0 Å². The summed E-state index contributed by atoms with van der Waals surface area (Å²) in [5, 5.41) is 18.2. The Morgan fingerprint density at radius 2 is 1.15 bits per heavy atom. The van der Waals surface area contributed by atoms with Crippen molar-refractivity contribution < 1.29 is 14.9 Å². The van der Waals surface area contributed by atoms with E-state index in [0.717, 1.165) is 13.2 Å². The third kappa shape index (κ3) is 18.4. The fourth-order valence-electron chi connectivity index (χ4n) is 0.306. The fourth-order valence-corrected chi connectivity index (χ4v) is 0.306. The number of hydrogen-bond acceptors (Lipinski definition) is 3. The van der Waals surface area contributed by atoms with E-state index in [-0.39, 0.29) is 0 Å². The highest BCUT2D eigenvalue weighted by molar-refractivity contribution is 5.16. The van der Waals surface area contributed by atoms with Crippen molar-refractivity contribution in [3.63, 3.8) is 0 Å². The Labute approximate surface area is 79.7 Å². The molecule has 1 aliphatic rings. The number of epoxide rings is 1. The molecule has 0 aliphatic carbocycles. The first-order valence-electron chi connectivity index (χ1n) is 4.27. The van der Waals surface area contributed by atoms with Crippen molar-refractivity contribution in [1.82, 2.24) is 0 Å². The minimum atomic E-state index is -1.01. The maximum Gasteiger partial charge on any atom is 0.120 e. The third-order valence-corrected chi connectivity index (χ3v) is 0.878. The lowest BCUT2D eigenvalue weighted by atomic mass is 10.1. The molecule has 2 N–H and O–H groups in total. The standard InChI is InChI=1S/C8H14O2.C2H4O/c1-7(2,9)5-6-8(3,4)10;1-2-3-1/h9-10H,1-4H3;1-2H2. The van der Waals surface area contributed by atoms with E-state index >= 15 is 0 Å². The molecule has 0 bridgehead atoms. The average Bonchev–Trinajstić information content (AvgIpc) is 2.63. The van der Waals surface area contributed by atoms with E-state index in [1.165, 1.54) is 0 Å². The zero-order valence-electron chi connectivity index (χ0n) is 8.72. The third-order valence-electron chi connectivity index (χ3n) is 0.878. The molecular weight excluding hydrogens is 168 g/mol. The predicted octanol–water partition coefficient (Wildman–Crippen LogP) is 0.548. The van der Waals surface area contributed by atoms with E-state index in [4.69, 9.17) is 10.2 Å². The Hall–Kier alpha value is -0.560. The lowest BCUT2D eigenvalue weighted by Gasteiger charge is -2.10. The van der Waals surface area contributed by atoms with Crippen LogP contribution >= 0.6 is 0 Å². The molecule has 0 amide bonds. The van der Waals surface area contributed by atoms with Gasteiger partial charge in [0.2, 0.25) is 0 Å². The quantitative estimate of drug-likeness (QED) is 0.429. The molecule has 1 heterocycles. The van der Waals surface area contributed by atoms with Crippen molar-refractivity contribution in [3.05, 3.63) is 0 Å². The topological polar surface area (TPSA) is 53.0 Å². The van der Waals surface area contributed by atoms with Crippen LogP contribution < -0.4 is 0 Å². The van der Waals surface area contributed by atoms with E-state index in [1.807, 2.05) is 0 Å². The number of aliphatic hydroxyl groups is 2. The molecule has 13 heavy (non-hydrogen) atoms. The minimum Gasteiger partial charge on any atom is -0.378 e. The van der Waals surface area contributed by atoms with Crippen LogP contribution in [-0.4, -0.2) is 34.6 Å². The molecule has 0 unspecified atom stereocenters.